The number of carbonyl (C=O) groups excluding carboxylic acids is 1. The second-order valence-corrected chi connectivity index (χ2v) is 8.37. The van der Waals surface area contributed by atoms with Gasteiger partial charge in [0.05, 0.1) is 28.1 Å². The Bertz CT molecular complexity index is 1120. The molecule has 1 heterocycles. The molecule has 0 radical (unpaired) electrons. The number of nitrogens with one attached hydrogen (secondary N) is 1. The molecule has 6 nitrogen and oxygen atoms in total. The number of halogens is 2. The zero-order valence-corrected chi connectivity index (χ0v) is 18.7. The molecule has 0 spiro atoms. The van der Waals surface area contributed by atoms with Crippen LogP contribution in [0.4, 0.5) is 0 Å². The van der Waals surface area contributed by atoms with Gasteiger partial charge in [-0.2, -0.15) is 10.2 Å². The summed E-state index contributed by atoms with van der Waals surface area (Å²) in [5, 5.41) is 9.40. The molecule has 0 atom stereocenters. The van der Waals surface area contributed by atoms with Gasteiger partial charge in [0, 0.05) is 11.3 Å². The van der Waals surface area contributed by atoms with Crippen molar-refractivity contribution >= 4 is 35.3 Å². The highest BCUT2D eigenvalue weighted by Gasteiger charge is 2.26. The minimum Gasteiger partial charge on any atom is -0.488 e. The van der Waals surface area contributed by atoms with Crippen LogP contribution in [0.3, 0.4) is 0 Å². The minimum absolute atomic E-state index is 0.0498. The molecule has 2 aromatic carbocycles. The van der Waals surface area contributed by atoms with Crippen molar-refractivity contribution < 1.29 is 9.53 Å². The molecule has 1 aromatic heterocycles. The highest BCUT2D eigenvalue weighted by molar-refractivity contribution is 6.37. The molecule has 0 saturated carbocycles. The lowest BCUT2D eigenvalue weighted by Gasteiger charge is -2.13. The summed E-state index contributed by atoms with van der Waals surface area (Å²) in [6, 6.07) is 13.2. The first-order valence-corrected chi connectivity index (χ1v) is 10.8. The predicted molar refractivity (Wildman–Crippen MR) is 123 cm³/mol. The summed E-state index contributed by atoms with van der Waals surface area (Å²) < 4.78 is 7.48. The van der Waals surface area contributed by atoms with Gasteiger partial charge in [-0.25, -0.2) is 10.1 Å². The van der Waals surface area contributed by atoms with Gasteiger partial charge >= 0.3 is 0 Å². The van der Waals surface area contributed by atoms with E-state index in [1.807, 2.05) is 48.9 Å². The molecule has 160 valence electrons. The van der Waals surface area contributed by atoms with E-state index in [0.29, 0.717) is 27.1 Å². The van der Waals surface area contributed by atoms with E-state index in [1.54, 1.807) is 12.1 Å². The predicted octanol–water partition coefficient (Wildman–Crippen LogP) is 5.22. The van der Waals surface area contributed by atoms with Crippen molar-refractivity contribution in [3.05, 3.63) is 75.0 Å². The first kappa shape index (κ1) is 21.4. The van der Waals surface area contributed by atoms with Crippen LogP contribution in [0, 0.1) is 0 Å². The van der Waals surface area contributed by atoms with Gasteiger partial charge in [-0.3, -0.25) is 4.79 Å². The number of hydrogen-bond acceptors (Lipinski definition) is 4. The summed E-state index contributed by atoms with van der Waals surface area (Å²) in [6.45, 7) is 3.79. The Kier molecular flexibility index (Phi) is 6.30. The molecule has 1 amide bonds. The van der Waals surface area contributed by atoms with Crippen LogP contribution in [0.15, 0.2) is 47.6 Å². The van der Waals surface area contributed by atoms with E-state index in [9.17, 15) is 4.79 Å². The Balaban J connectivity index is 1.52. The number of benzene rings is 2. The van der Waals surface area contributed by atoms with E-state index in [4.69, 9.17) is 27.9 Å². The maximum atomic E-state index is 12.8. The van der Waals surface area contributed by atoms with E-state index in [1.165, 1.54) is 6.21 Å². The number of rotatable bonds is 6. The van der Waals surface area contributed by atoms with Gasteiger partial charge in [0.15, 0.2) is 11.4 Å². The first-order valence-electron chi connectivity index (χ1n) is 10.1. The third-order valence-corrected chi connectivity index (χ3v) is 5.46. The summed E-state index contributed by atoms with van der Waals surface area (Å²) in [5.74, 6) is 0.0857. The van der Waals surface area contributed by atoms with Gasteiger partial charge in [0.25, 0.3) is 5.91 Å². The second kappa shape index (κ2) is 9.12. The van der Waals surface area contributed by atoms with Crippen molar-refractivity contribution in [1.82, 2.24) is 15.2 Å². The number of para-hydroxylation sites is 1. The van der Waals surface area contributed by atoms with Crippen molar-refractivity contribution in [2.75, 3.05) is 0 Å². The lowest BCUT2D eigenvalue weighted by molar-refractivity contribution is 0.0949. The number of hydrogen-bond donors (Lipinski definition) is 1. The first-order chi connectivity index (χ1) is 14.9. The normalized spacial score (nSPS) is 13.1. The van der Waals surface area contributed by atoms with Crippen molar-refractivity contribution in [3.8, 4) is 11.4 Å². The smallest absolute Gasteiger partial charge is 0.292 e. The largest absolute Gasteiger partial charge is 0.488 e. The molecular formula is C23H22Cl2N4O2. The fraction of sp³-hybridized carbons (Fsp3) is 0.261. The zero-order valence-electron chi connectivity index (χ0n) is 17.2. The van der Waals surface area contributed by atoms with E-state index in [2.05, 4.69) is 15.6 Å². The van der Waals surface area contributed by atoms with Crippen LogP contribution in [-0.4, -0.2) is 28.0 Å². The Labute approximate surface area is 190 Å². The maximum absolute atomic E-state index is 12.8. The number of nitrogens with zero attached hydrogens (tertiary/aromatic N) is 3. The molecule has 31 heavy (non-hydrogen) atoms. The molecule has 0 aliphatic heterocycles. The summed E-state index contributed by atoms with van der Waals surface area (Å²) in [5.41, 5.74) is 6.63. The molecule has 0 fully saturated rings. The molecule has 1 N–H and O–H groups in total. The SMILES string of the molecule is CC(C)Oc1c(Cl)cc(/C=N/NC(=O)c2nn(-c3ccccc3)c3c2CCC3)cc1Cl. The van der Waals surface area contributed by atoms with Gasteiger partial charge in [-0.1, -0.05) is 41.4 Å². The number of aromatic nitrogens is 2. The summed E-state index contributed by atoms with van der Waals surface area (Å²) >= 11 is 12.5. The molecule has 3 aromatic rings. The number of ether oxygens (including phenoxy) is 1. The van der Waals surface area contributed by atoms with Gasteiger partial charge in [0.2, 0.25) is 0 Å². The van der Waals surface area contributed by atoms with Crippen LogP contribution in [0.5, 0.6) is 5.75 Å². The average Bonchev–Trinajstić information content (AvgIpc) is 3.34. The van der Waals surface area contributed by atoms with Crippen molar-refractivity contribution in [3.63, 3.8) is 0 Å². The van der Waals surface area contributed by atoms with E-state index in [-0.39, 0.29) is 12.0 Å². The molecule has 0 saturated heterocycles. The van der Waals surface area contributed by atoms with Gasteiger partial charge < -0.3 is 4.74 Å². The Hall–Kier alpha value is -2.83. The second-order valence-electron chi connectivity index (χ2n) is 7.55. The van der Waals surface area contributed by atoms with Crippen LogP contribution >= 0.6 is 23.2 Å². The zero-order chi connectivity index (χ0) is 22.0. The highest BCUT2D eigenvalue weighted by Crippen LogP contribution is 2.34. The fourth-order valence-corrected chi connectivity index (χ4v) is 4.22. The maximum Gasteiger partial charge on any atom is 0.292 e. The fourth-order valence-electron chi connectivity index (χ4n) is 3.62. The van der Waals surface area contributed by atoms with Gasteiger partial charge in [0.1, 0.15) is 0 Å². The third-order valence-electron chi connectivity index (χ3n) is 4.90. The minimum atomic E-state index is -0.346. The van der Waals surface area contributed by atoms with E-state index in [0.717, 1.165) is 36.2 Å². The summed E-state index contributed by atoms with van der Waals surface area (Å²) in [7, 11) is 0. The Morgan fingerprint density at radius 3 is 2.58 bits per heavy atom. The number of carbonyl (C=O) groups is 1. The molecule has 0 bridgehead atoms. The van der Waals surface area contributed by atoms with Crippen molar-refractivity contribution in [2.45, 2.75) is 39.2 Å². The number of amides is 1. The van der Waals surface area contributed by atoms with E-state index >= 15 is 0 Å². The topological polar surface area (TPSA) is 68.5 Å². The van der Waals surface area contributed by atoms with Gasteiger partial charge in [-0.15, -0.1) is 0 Å². The lowest BCUT2D eigenvalue weighted by atomic mass is 10.2. The van der Waals surface area contributed by atoms with Crippen LogP contribution in [0.25, 0.3) is 5.69 Å². The molecule has 1 aliphatic rings. The standard InChI is InChI=1S/C23H22Cl2N4O2/c1-14(2)31-22-18(24)11-15(12-19(22)25)13-26-27-23(30)21-17-9-6-10-20(17)29(28-21)16-7-4-3-5-8-16/h3-5,7-8,11-14H,6,9-10H2,1-2H3,(H,27,30)/b26-13+. The number of hydrazone groups is 1. The summed E-state index contributed by atoms with van der Waals surface area (Å²) in [6.07, 6.45) is 4.17. The quantitative estimate of drug-likeness (QED) is 0.408. The monoisotopic (exact) mass is 456 g/mol. The highest BCUT2D eigenvalue weighted by atomic mass is 35.5. The van der Waals surface area contributed by atoms with E-state index < -0.39 is 0 Å². The third kappa shape index (κ3) is 4.60. The molecule has 8 heteroatoms. The molecule has 1 aliphatic carbocycles. The molecule has 0 unspecified atom stereocenters. The van der Waals surface area contributed by atoms with Crippen molar-refractivity contribution in [1.29, 1.82) is 0 Å². The molecule has 4 rings (SSSR count). The van der Waals surface area contributed by atoms with Crippen LogP contribution in [0.2, 0.25) is 10.0 Å². The van der Waals surface area contributed by atoms with Crippen molar-refractivity contribution in [2.24, 2.45) is 5.10 Å². The van der Waals surface area contributed by atoms with Gasteiger partial charge in [-0.05, 0) is 62.9 Å². The van der Waals surface area contributed by atoms with Crippen LogP contribution < -0.4 is 10.2 Å². The Morgan fingerprint density at radius 2 is 1.90 bits per heavy atom. The summed E-state index contributed by atoms with van der Waals surface area (Å²) in [4.78, 5) is 12.8. The average molecular weight is 457 g/mol. The van der Waals surface area contributed by atoms with Crippen LogP contribution in [-0.2, 0) is 12.8 Å². The Morgan fingerprint density at radius 1 is 1.19 bits per heavy atom. The van der Waals surface area contributed by atoms with Crippen LogP contribution in [0.1, 0.15) is 47.6 Å². The lowest BCUT2D eigenvalue weighted by Crippen LogP contribution is -2.20. The number of fused-ring (bicyclic) bond motifs is 1. The molecular weight excluding hydrogens is 435 g/mol.